The van der Waals surface area contributed by atoms with Gasteiger partial charge in [0, 0.05) is 32.9 Å². The minimum absolute atomic E-state index is 0.0656. The van der Waals surface area contributed by atoms with E-state index in [0.29, 0.717) is 12.2 Å². The highest BCUT2D eigenvalue weighted by molar-refractivity contribution is 5.99. The third kappa shape index (κ3) is 2.21. The van der Waals surface area contributed by atoms with Crippen LogP contribution in [0.25, 0.3) is 0 Å². The van der Waals surface area contributed by atoms with Gasteiger partial charge in [0.05, 0.1) is 0 Å². The summed E-state index contributed by atoms with van der Waals surface area (Å²) in [5, 5.41) is 4.08. The Labute approximate surface area is 131 Å². The van der Waals surface area contributed by atoms with E-state index in [2.05, 4.69) is 12.0 Å². The molecule has 22 heavy (non-hydrogen) atoms. The Bertz CT molecular complexity index is 580. The predicted octanol–water partition coefficient (Wildman–Crippen LogP) is 1.43. The van der Waals surface area contributed by atoms with E-state index in [1.54, 1.807) is 24.0 Å². The molecule has 6 heteroatoms. The van der Waals surface area contributed by atoms with Crippen molar-refractivity contribution in [2.45, 2.75) is 44.6 Å². The third-order valence-electron chi connectivity index (χ3n) is 4.97. The van der Waals surface area contributed by atoms with Gasteiger partial charge in [-0.1, -0.05) is 6.92 Å². The maximum atomic E-state index is 13.0. The summed E-state index contributed by atoms with van der Waals surface area (Å²) in [5.41, 5.74) is -0.0592. The molecule has 2 aliphatic heterocycles. The lowest BCUT2D eigenvalue weighted by Gasteiger charge is -2.44. The number of hydrogen-bond donors (Lipinski definition) is 0. The van der Waals surface area contributed by atoms with E-state index < -0.39 is 5.54 Å². The number of hydrogen-bond acceptors (Lipinski definition) is 3. The van der Waals surface area contributed by atoms with Crippen LogP contribution in [0.15, 0.2) is 12.3 Å². The second-order valence-electron chi connectivity index (χ2n) is 6.33. The lowest BCUT2D eigenvalue weighted by Crippen LogP contribution is -2.61. The monoisotopic (exact) mass is 304 g/mol. The van der Waals surface area contributed by atoms with Crippen molar-refractivity contribution in [1.82, 2.24) is 19.6 Å². The number of rotatable bonds is 3. The smallest absolute Gasteiger partial charge is 0.273 e. The maximum absolute atomic E-state index is 13.0. The lowest BCUT2D eigenvalue weighted by atomic mass is 9.85. The summed E-state index contributed by atoms with van der Waals surface area (Å²) in [6, 6.07) is 1.73. The van der Waals surface area contributed by atoms with Crippen LogP contribution in [0.3, 0.4) is 0 Å². The van der Waals surface area contributed by atoms with Crippen LogP contribution in [0.2, 0.25) is 0 Å². The predicted molar refractivity (Wildman–Crippen MR) is 82.3 cm³/mol. The van der Waals surface area contributed by atoms with E-state index in [1.165, 1.54) is 0 Å². The number of carbonyl (C=O) groups is 2. The lowest BCUT2D eigenvalue weighted by molar-refractivity contribution is -0.145. The van der Waals surface area contributed by atoms with Gasteiger partial charge in [-0.2, -0.15) is 5.10 Å². The summed E-state index contributed by atoms with van der Waals surface area (Å²) < 4.78 is 1.59. The van der Waals surface area contributed by atoms with Crippen LogP contribution in [-0.2, 0) is 11.8 Å². The molecule has 1 aromatic rings. The van der Waals surface area contributed by atoms with Gasteiger partial charge in [0.25, 0.3) is 5.91 Å². The molecular weight excluding hydrogens is 280 g/mol. The summed E-state index contributed by atoms with van der Waals surface area (Å²) >= 11 is 0. The molecule has 1 unspecified atom stereocenters. The van der Waals surface area contributed by atoms with E-state index in [-0.39, 0.29) is 11.8 Å². The molecule has 0 aromatic carbocycles. The van der Waals surface area contributed by atoms with Gasteiger partial charge < -0.3 is 9.80 Å². The van der Waals surface area contributed by atoms with E-state index in [9.17, 15) is 9.59 Å². The Kier molecular flexibility index (Phi) is 3.93. The largest absolute Gasteiger partial charge is 0.341 e. The van der Waals surface area contributed by atoms with Gasteiger partial charge in [-0.3, -0.25) is 14.3 Å². The van der Waals surface area contributed by atoms with Crippen molar-refractivity contribution in [3.63, 3.8) is 0 Å². The average Bonchev–Trinajstić information content (AvgIpc) is 3.11. The highest BCUT2D eigenvalue weighted by atomic mass is 16.2. The molecule has 2 fully saturated rings. The Balaban J connectivity index is 1.90. The quantitative estimate of drug-likeness (QED) is 0.849. The van der Waals surface area contributed by atoms with Gasteiger partial charge in [0.2, 0.25) is 5.91 Å². The Morgan fingerprint density at radius 1 is 1.32 bits per heavy atom. The Morgan fingerprint density at radius 3 is 2.68 bits per heavy atom. The number of piperidine rings is 1. The fourth-order valence-corrected chi connectivity index (χ4v) is 3.93. The minimum Gasteiger partial charge on any atom is -0.341 e. The number of amides is 2. The molecule has 2 saturated heterocycles. The van der Waals surface area contributed by atoms with Gasteiger partial charge >= 0.3 is 0 Å². The van der Waals surface area contributed by atoms with Crippen LogP contribution in [0.4, 0.5) is 0 Å². The van der Waals surface area contributed by atoms with E-state index in [1.807, 2.05) is 9.80 Å². The minimum atomic E-state index is -0.616. The number of likely N-dealkylation sites (tertiary alicyclic amines) is 2. The van der Waals surface area contributed by atoms with Crippen LogP contribution < -0.4 is 0 Å². The number of carbonyl (C=O) groups excluding carboxylic acids is 2. The summed E-state index contributed by atoms with van der Waals surface area (Å²) in [7, 11) is 1.77. The van der Waals surface area contributed by atoms with Crippen molar-refractivity contribution in [3.8, 4) is 0 Å². The van der Waals surface area contributed by atoms with Gasteiger partial charge in [0.15, 0.2) is 0 Å². The van der Waals surface area contributed by atoms with Crippen LogP contribution in [0.1, 0.15) is 49.5 Å². The van der Waals surface area contributed by atoms with Crippen LogP contribution >= 0.6 is 0 Å². The molecular formula is C16H24N4O2. The number of nitrogens with zero attached hydrogens (tertiary/aromatic N) is 4. The standard InChI is InChI=1S/C16H24N4O2/c1-3-10-19-11-4-7-16(15(19)22)8-5-12-20(16)14(21)13-6-9-17-18(13)2/h6,9H,3-5,7-8,10-12H2,1-2H3. The average molecular weight is 304 g/mol. The van der Waals surface area contributed by atoms with E-state index in [4.69, 9.17) is 0 Å². The zero-order valence-electron chi connectivity index (χ0n) is 13.4. The summed E-state index contributed by atoms with van der Waals surface area (Å²) in [5.74, 6) is 0.0813. The molecule has 2 aliphatic rings. The van der Waals surface area contributed by atoms with Crippen molar-refractivity contribution in [2.24, 2.45) is 7.05 Å². The summed E-state index contributed by atoms with van der Waals surface area (Å²) in [6.07, 6.45) is 6.03. The zero-order valence-corrected chi connectivity index (χ0v) is 13.4. The highest BCUT2D eigenvalue weighted by Gasteiger charge is 2.52. The third-order valence-corrected chi connectivity index (χ3v) is 4.97. The molecule has 1 atom stereocenters. The van der Waals surface area contributed by atoms with E-state index >= 15 is 0 Å². The molecule has 0 saturated carbocycles. The molecule has 1 aromatic heterocycles. The number of aromatic nitrogens is 2. The zero-order chi connectivity index (χ0) is 15.7. The van der Waals surface area contributed by atoms with Gasteiger partial charge in [0.1, 0.15) is 11.2 Å². The Morgan fingerprint density at radius 2 is 2.05 bits per heavy atom. The molecule has 6 nitrogen and oxygen atoms in total. The van der Waals surface area contributed by atoms with Crippen LogP contribution in [0, 0.1) is 0 Å². The van der Waals surface area contributed by atoms with Crippen molar-refractivity contribution < 1.29 is 9.59 Å². The molecule has 2 amide bonds. The second kappa shape index (κ2) is 5.74. The fourth-order valence-electron chi connectivity index (χ4n) is 3.93. The summed E-state index contributed by atoms with van der Waals surface area (Å²) in [6.45, 7) is 4.36. The maximum Gasteiger partial charge on any atom is 0.273 e. The number of aryl methyl sites for hydroxylation is 1. The van der Waals surface area contributed by atoms with Crippen molar-refractivity contribution in [3.05, 3.63) is 18.0 Å². The summed E-state index contributed by atoms with van der Waals surface area (Å²) in [4.78, 5) is 29.7. The first-order valence-corrected chi connectivity index (χ1v) is 8.19. The second-order valence-corrected chi connectivity index (χ2v) is 6.33. The van der Waals surface area contributed by atoms with Crippen molar-refractivity contribution in [1.29, 1.82) is 0 Å². The fraction of sp³-hybridized carbons (Fsp3) is 0.688. The van der Waals surface area contributed by atoms with Gasteiger partial charge in [-0.15, -0.1) is 0 Å². The van der Waals surface area contributed by atoms with Gasteiger partial charge in [-0.05, 0) is 38.2 Å². The molecule has 1 spiro atoms. The van der Waals surface area contributed by atoms with Crippen molar-refractivity contribution in [2.75, 3.05) is 19.6 Å². The van der Waals surface area contributed by atoms with Crippen LogP contribution in [0.5, 0.6) is 0 Å². The molecule has 3 rings (SSSR count). The normalized spacial score (nSPS) is 25.3. The SMILES string of the molecule is CCCN1CCCC2(CCCN2C(=O)c2ccnn2C)C1=O. The van der Waals surface area contributed by atoms with E-state index in [0.717, 1.165) is 45.2 Å². The molecule has 120 valence electrons. The Hall–Kier alpha value is -1.85. The highest BCUT2D eigenvalue weighted by Crippen LogP contribution is 2.39. The molecule has 3 heterocycles. The molecule has 0 aliphatic carbocycles. The molecule has 0 bridgehead atoms. The first-order valence-electron chi connectivity index (χ1n) is 8.19. The molecule has 0 N–H and O–H groups in total. The topological polar surface area (TPSA) is 58.4 Å². The van der Waals surface area contributed by atoms with Crippen LogP contribution in [-0.4, -0.2) is 56.6 Å². The first-order chi connectivity index (χ1) is 10.6. The van der Waals surface area contributed by atoms with Crippen molar-refractivity contribution >= 4 is 11.8 Å². The van der Waals surface area contributed by atoms with Gasteiger partial charge in [-0.25, -0.2) is 0 Å². The first kappa shape index (κ1) is 15.1. The molecule has 0 radical (unpaired) electrons.